The lowest BCUT2D eigenvalue weighted by atomic mass is 9.81. The summed E-state index contributed by atoms with van der Waals surface area (Å²) >= 11 is 4.34. The molecule has 0 saturated carbocycles. The monoisotopic (exact) mass is 498 g/mol. The number of aliphatic hydroxyl groups excluding tert-OH is 1. The topological polar surface area (TPSA) is 125 Å². The summed E-state index contributed by atoms with van der Waals surface area (Å²) in [5.74, 6) is -3.43. The Balaban J connectivity index is 2.50. The first kappa shape index (κ1) is 27.9. The third-order valence-electron chi connectivity index (χ3n) is 6.05. The maximum absolute atomic E-state index is 12.8. The van der Waals surface area contributed by atoms with Crippen LogP contribution < -0.4 is 0 Å². The van der Waals surface area contributed by atoms with Crippen molar-refractivity contribution in [2.24, 2.45) is 17.8 Å². The summed E-state index contributed by atoms with van der Waals surface area (Å²) in [7, 11) is 0. The number of carbonyl (C=O) groups is 4. The molecule has 1 saturated heterocycles. The van der Waals surface area contributed by atoms with E-state index in [4.69, 9.17) is 18.9 Å². The predicted octanol–water partition coefficient (Wildman–Crippen LogP) is 2.17. The van der Waals surface area contributed by atoms with Crippen LogP contribution in [0, 0.1) is 17.8 Å². The molecule has 1 N–H and O–H groups in total. The van der Waals surface area contributed by atoms with Crippen molar-refractivity contribution in [2.75, 3.05) is 19.0 Å². The Morgan fingerprint density at radius 2 is 1.94 bits per heavy atom. The molecule has 6 atom stereocenters. The number of rotatable bonds is 8. The SMILES string of the molecule is CC(=O)OC/C1=C\C[C@H](OC(C)=O)/C(C)=C/[C@H]2OC(=O)[C@@H](CS)[C@@H]2[C@H](OC(=O)C(C)CCO)C1. The van der Waals surface area contributed by atoms with Gasteiger partial charge in [0, 0.05) is 39.0 Å². The molecule has 0 amide bonds. The number of fused-ring (bicyclic) bond motifs is 1. The fraction of sp³-hybridized carbons (Fsp3) is 0.667. The normalized spacial score (nSPS) is 31.0. The molecule has 0 aromatic heterocycles. The first-order chi connectivity index (χ1) is 16.1. The Labute approximate surface area is 205 Å². The molecular weight excluding hydrogens is 464 g/mol. The van der Waals surface area contributed by atoms with Crippen LogP contribution >= 0.6 is 12.6 Å². The van der Waals surface area contributed by atoms with Crippen LogP contribution in [0.25, 0.3) is 0 Å². The van der Waals surface area contributed by atoms with E-state index in [0.29, 0.717) is 17.6 Å². The van der Waals surface area contributed by atoms with Crippen LogP contribution in [0.4, 0.5) is 0 Å². The highest BCUT2D eigenvalue weighted by atomic mass is 32.1. The van der Waals surface area contributed by atoms with E-state index in [1.807, 2.05) is 0 Å². The Bertz CT molecular complexity index is 834. The summed E-state index contributed by atoms with van der Waals surface area (Å²) in [5.41, 5.74) is 1.34. The first-order valence-corrected chi connectivity index (χ1v) is 12.0. The molecule has 0 spiro atoms. The molecule has 1 fully saturated rings. The lowest BCUT2D eigenvalue weighted by Gasteiger charge is -2.31. The van der Waals surface area contributed by atoms with Gasteiger partial charge in [0.05, 0.1) is 17.8 Å². The average molecular weight is 499 g/mol. The molecular formula is C24H34O9S. The van der Waals surface area contributed by atoms with E-state index >= 15 is 0 Å². The highest BCUT2D eigenvalue weighted by Crippen LogP contribution is 2.38. The zero-order valence-electron chi connectivity index (χ0n) is 20.0. The fourth-order valence-corrected chi connectivity index (χ4v) is 4.55. The van der Waals surface area contributed by atoms with Gasteiger partial charge in [-0.15, -0.1) is 0 Å². The molecule has 0 aromatic rings. The molecule has 0 aromatic carbocycles. The van der Waals surface area contributed by atoms with E-state index in [2.05, 4.69) is 12.6 Å². The zero-order valence-corrected chi connectivity index (χ0v) is 20.9. The van der Waals surface area contributed by atoms with Crippen LogP contribution in [-0.4, -0.2) is 66.3 Å². The van der Waals surface area contributed by atoms with Crippen LogP contribution in [0.3, 0.4) is 0 Å². The van der Waals surface area contributed by atoms with Crippen molar-refractivity contribution < 1.29 is 43.2 Å². The molecule has 0 radical (unpaired) electrons. The van der Waals surface area contributed by atoms with Gasteiger partial charge in [-0.3, -0.25) is 19.2 Å². The van der Waals surface area contributed by atoms with E-state index in [1.165, 1.54) is 13.8 Å². The Morgan fingerprint density at radius 1 is 1.24 bits per heavy atom. The van der Waals surface area contributed by atoms with Crippen molar-refractivity contribution in [3.05, 3.63) is 23.3 Å². The Morgan fingerprint density at radius 3 is 2.53 bits per heavy atom. The van der Waals surface area contributed by atoms with E-state index < -0.39 is 59.9 Å². The van der Waals surface area contributed by atoms with Gasteiger partial charge in [0.15, 0.2) is 0 Å². The molecule has 0 bridgehead atoms. The molecule has 34 heavy (non-hydrogen) atoms. The van der Waals surface area contributed by atoms with Crippen molar-refractivity contribution in [1.82, 2.24) is 0 Å². The van der Waals surface area contributed by atoms with Gasteiger partial charge in [0.1, 0.15) is 24.9 Å². The molecule has 9 nitrogen and oxygen atoms in total. The van der Waals surface area contributed by atoms with Crippen LogP contribution in [0.5, 0.6) is 0 Å². The second kappa shape index (κ2) is 12.9. The van der Waals surface area contributed by atoms with Crippen molar-refractivity contribution >= 4 is 36.5 Å². The Kier molecular flexibility index (Phi) is 10.6. The lowest BCUT2D eigenvalue weighted by molar-refractivity contribution is -0.158. The predicted molar refractivity (Wildman–Crippen MR) is 125 cm³/mol. The highest BCUT2D eigenvalue weighted by molar-refractivity contribution is 7.80. The number of hydrogen-bond donors (Lipinski definition) is 2. The summed E-state index contributed by atoms with van der Waals surface area (Å²) in [6.45, 7) is 5.84. The first-order valence-electron chi connectivity index (χ1n) is 11.4. The van der Waals surface area contributed by atoms with Crippen LogP contribution in [0.15, 0.2) is 23.3 Å². The van der Waals surface area contributed by atoms with Crippen molar-refractivity contribution in [1.29, 1.82) is 0 Å². The third-order valence-corrected chi connectivity index (χ3v) is 6.44. The molecule has 1 aliphatic heterocycles. The van der Waals surface area contributed by atoms with Gasteiger partial charge in [-0.2, -0.15) is 12.6 Å². The molecule has 2 aliphatic rings. The van der Waals surface area contributed by atoms with Crippen LogP contribution in [0.1, 0.15) is 47.0 Å². The van der Waals surface area contributed by atoms with Crippen molar-refractivity contribution in [2.45, 2.75) is 65.3 Å². The minimum absolute atomic E-state index is 0.0388. The summed E-state index contributed by atoms with van der Waals surface area (Å²) in [5, 5.41) is 9.20. The maximum atomic E-state index is 12.8. The maximum Gasteiger partial charge on any atom is 0.310 e. The summed E-state index contributed by atoms with van der Waals surface area (Å²) in [6.07, 6.45) is 2.20. The minimum atomic E-state index is -0.765. The number of carbonyl (C=O) groups excluding carboxylic acids is 4. The summed E-state index contributed by atoms with van der Waals surface area (Å²) in [6, 6.07) is 0. The largest absolute Gasteiger partial charge is 0.461 e. The fourth-order valence-electron chi connectivity index (χ4n) is 4.15. The second-order valence-corrected chi connectivity index (χ2v) is 9.11. The second-order valence-electron chi connectivity index (χ2n) is 8.75. The van der Waals surface area contributed by atoms with Gasteiger partial charge >= 0.3 is 23.9 Å². The average Bonchev–Trinajstić information content (AvgIpc) is 3.07. The Hall–Kier alpha value is -2.33. The number of esters is 4. The van der Waals surface area contributed by atoms with Crippen molar-refractivity contribution in [3.8, 4) is 0 Å². The third kappa shape index (κ3) is 7.59. The van der Waals surface area contributed by atoms with Crippen LogP contribution in [-0.2, 0) is 38.1 Å². The van der Waals surface area contributed by atoms with Crippen molar-refractivity contribution in [3.63, 3.8) is 0 Å². The number of aliphatic hydroxyl groups is 1. The van der Waals surface area contributed by atoms with Gasteiger partial charge in [-0.25, -0.2) is 0 Å². The molecule has 190 valence electrons. The standard InChI is InChI=1S/C24H34O9S/c1-13(7-8-25)23(28)32-21-10-17(11-30-15(3)26)5-6-19(31-16(4)27)14(2)9-20-22(21)18(12-34)24(29)33-20/h5,9,13,18-22,25,34H,6-8,10-12H2,1-4H3/b14-9+,17-5-/t13?,18-,19-,20+,21+,22-/m0/s1. The summed E-state index contributed by atoms with van der Waals surface area (Å²) < 4.78 is 22.2. The molecule has 1 aliphatic carbocycles. The lowest BCUT2D eigenvalue weighted by Crippen LogP contribution is -2.39. The quantitative estimate of drug-likeness (QED) is 0.224. The molecule has 2 rings (SSSR count). The smallest absolute Gasteiger partial charge is 0.310 e. The van der Waals surface area contributed by atoms with Crippen LogP contribution in [0.2, 0.25) is 0 Å². The summed E-state index contributed by atoms with van der Waals surface area (Å²) in [4.78, 5) is 48.6. The van der Waals surface area contributed by atoms with E-state index in [0.717, 1.165) is 0 Å². The van der Waals surface area contributed by atoms with E-state index in [-0.39, 0.29) is 31.8 Å². The number of thiol groups is 1. The van der Waals surface area contributed by atoms with Gasteiger partial charge < -0.3 is 24.1 Å². The molecule has 1 heterocycles. The number of hydrogen-bond acceptors (Lipinski definition) is 10. The zero-order chi connectivity index (χ0) is 25.4. The minimum Gasteiger partial charge on any atom is -0.461 e. The van der Waals surface area contributed by atoms with Gasteiger partial charge in [-0.05, 0) is 30.6 Å². The molecule has 10 heteroatoms. The number of ether oxygens (including phenoxy) is 4. The van der Waals surface area contributed by atoms with Gasteiger partial charge in [-0.1, -0.05) is 13.0 Å². The van der Waals surface area contributed by atoms with E-state index in [9.17, 15) is 24.3 Å². The van der Waals surface area contributed by atoms with Gasteiger partial charge in [0.25, 0.3) is 0 Å². The van der Waals surface area contributed by atoms with Gasteiger partial charge in [0.2, 0.25) is 0 Å². The highest BCUT2D eigenvalue weighted by Gasteiger charge is 2.49. The molecule has 1 unspecified atom stereocenters. The van der Waals surface area contributed by atoms with E-state index in [1.54, 1.807) is 26.0 Å².